The second kappa shape index (κ2) is 8.61. The van der Waals surface area contributed by atoms with Crippen molar-refractivity contribution in [3.8, 4) is 11.5 Å². The minimum Gasteiger partial charge on any atom is -0.507 e. The van der Waals surface area contributed by atoms with Gasteiger partial charge in [-0.05, 0) is 32.0 Å². The summed E-state index contributed by atoms with van der Waals surface area (Å²) in [6.45, 7) is 5.53. The summed E-state index contributed by atoms with van der Waals surface area (Å²) in [5.41, 5.74) is 1.21. The standard InChI is InChI=1S/C24H23NO4/c1-3-25(4-2)17-13-14-18(21(27)15-17)24(29)22-19(11-8-12-20(22)26)23(28)16-9-6-5-7-10-16/h5-15,26-27H,3-4H2,1-2H3. The van der Waals surface area contributed by atoms with Gasteiger partial charge in [-0.3, -0.25) is 9.59 Å². The lowest BCUT2D eigenvalue weighted by atomic mass is 9.92. The van der Waals surface area contributed by atoms with Crippen molar-refractivity contribution in [1.29, 1.82) is 0 Å². The van der Waals surface area contributed by atoms with Crippen LogP contribution in [0.4, 0.5) is 5.69 Å². The van der Waals surface area contributed by atoms with E-state index in [-0.39, 0.29) is 34.0 Å². The molecular weight excluding hydrogens is 366 g/mol. The lowest BCUT2D eigenvalue weighted by Gasteiger charge is -2.21. The summed E-state index contributed by atoms with van der Waals surface area (Å²) in [5.74, 6) is -1.47. The molecular formula is C24H23NO4. The van der Waals surface area contributed by atoms with Crippen molar-refractivity contribution < 1.29 is 19.8 Å². The van der Waals surface area contributed by atoms with Crippen LogP contribution in [-0.2, 0) is 0 Å². The molecule has 29 heavy (non-hydrogen) atoms. The monoisotopic (exact) mass is 389 g/mol. The molecule has 0 saturated carbocycles. The lowest BCUT2D eigenvalue weighted by molar-refractivity contribution is 0.0999. The van der Waals surface area contributed by atoms with E-state index < -0.39 is 5.78 Å². The molecule has 0 aliphatic carbocycles. The second-order valence-electron chi connectivity index (χ2n) is 6.60. The Balaban J connectivity index is 2.05. The number of aromatic hydroxyl groups is 2. The Morgan fingerprint density at radius 1 is 0.759 bits per heavy atom. The van der Waals surface area contributed by atoms with Crippen molar-refractivity contribution in [2.75, 3.05) is 18.0 Å². The zero-order chi connectivity index (χ0) is 21.0. The fraction of sp³-hybridized carbons (Fsp3) is 0.167. The fourth-order valence-electron chi connectivity index (χ4n) is 3.35. The molecule has 3 aromatic carbocycles. The van der Waals surface area contributed by atoms with Crippen LogP contribution in [0.25, 0.3) is 0 Å². The maximum absolute atomic E-state index is 13.2. The Labute approximate surface area is 169 Å². The molecule has 0 saturated heterocycles. The first-order valence-corrected chi connectivity index (χ1v) is 9.52. The van der Waals surface area contributed by atoms with Crippen LogP contribution in [0.1, 0.15) is 45.7 Å². The van der Waals surface area contributed by atoms with Gasteiger partial charge in [0.1, 0.15) is 11.5 Å². The van der Waals surface area contributed by atoms with E-state index in [4.69, 9.17) is 0 Å². The molecule has 0 atom stereocenters. The lowest BCUT2D eigenvalue weighted by Crippen LogP contribution is -2.21. The minimum absolute atomic E-state index is 0.0320. The van der Waals surface area contributed by atoms with E-state index in [2.05, 4.69) is 0 Å². The predicted octanol–water partition coefficient (Wildman–Crippen LogP) is 4.41. The van der Waals surface area contributed by atoms with Gasteiger partial charge in [0, 0.05) is 36.0 Å². The van der Waals surface area contributed by atoms with Crippen molar-refractivity contribution >= 4 is 17.3 Å². The van der Waals surface area contributed by atoms with Crippen molar-refractivity contribution in [3.63, 3.8) is 0 Å². The van der Waals surface area contributed by atoms with Gasteiger partial charge >= 0.3 is 0 Å². The number of phenolic OH excluding ortho intramolecular Hbond substituents is 2. The first-order chi connectivity index (χ1) is 14.0. The maximum Gasteiger partial charge on any atom is 0.201 e. The average molecular weight is 389 g/mol. The van der Waals surface area contributed by atoms with Gasteiger partial charge in [-0.15, -0.1) is 0 Å². The molecule has 0 unspecified atom stereocenters. The summed E-state index contributed by atoms with van der Waals surface area (Å²) in [7, 11) is 0. The molecule has 2 N–H and O–H groups in total. The molecule has 0 radical (unpaired) electrons. The van der Waals surface area contributed by atoms with Gasteiger partial charge in [0.05, 0.1) is 11.1 Å². The quantitative estimate of drug-likeness (QED) is 0.586. The molecule has 0 fully saturated rings. The number of hydrogen-bond acceptors (Lipinski definition) is 5. The molecule has 3 rings (SSSR count). The molecule has 0 bridgehead atoms. The van der Waals surface area contributed by atoms with Gasteiger partial charge in [-0.25, -0.2) is 0 Å². The third-order valence-corrected chi connectivity index (χ3v) is 4.90. The van der Waals surface area contributed by atoms with Crippen molar-refractivity contribution in [2.24, 2.45) is 0 Å². The molecule has 5 heteroatoms. The molecule has 0 aliphatic heterocycles. The number of carbonyl (C=O) groups excluding carboxylic acids is 2. The van der Waals surface area contributed by atoms with E-state index >= 15 is 0 Å². The van der Waals surface area contributed by atoms with Gasteiger partial charge in [-0.2, -0.15) is 0 Å². The first-order valence-electron chi connectivity index (χ1n) is 9.52. The molecule has 0 amide bonds. The summed E-state index contributed by atoms with van der Waals surface area (Å²) in [5, 5.41) is 20.9. The second-order valence-corrected chi connectivity index (χ2v) is 6.60. The molecule has 5 nitrogen and oxygen atoms in total. The average Bonchev–Trinajstić information content (AvgIpc) is 2.74. The van der Waals surface area contributed by atoms with Crippen LogP contribution in [0.2, 0.25) is 0 Å². The Morgan fingerprint density at radius 3 is 2.07 bits per heavy atom. The third kappa shape index (κ3) is 3.99. The van der Waals surface area contributed by atoms with Gasteiger partial charge in [0.25, 0.3) is 0 Å². The Hall–Kier alpha value is -3.60. The number of rotatable bonds is 7. The van der Waals surface area contributed by atoms with E-state index in [1.165, 1.54) is 30.3 Å². The highest BCUT2D eigenvalue weighted by Crippen LogP contribution is 2.31. The molecule has 3 aromatic rings. The SMILES string of the molecule is CCN(CC)c1ccc(C(=O)c2c(O)cccc2C(=O)c2ccccc2)c(O)c1. The number of carbonyl (C=O) groups is 2. The van der Waals surface area contributed by atoms with E-state index in [0.717, 1.165) is 18.8 Å². The zero-order valence-electron chi connectivity index (χ0n) is 16.4. The van der Waals surface area contributed by atoms with E-state index in [1.54, 1.807) is 36.4 Å². The maximum atomic E-state index is 13.2. The number of anilines is 1. The van der Waals surface area contributed by atoms with Crippen LogP contribution < -0.4 is 4.90 Å². The highest BCUT2D eigenvalue weighted by Gasteiger charge is 2.25. The van der Waals surface area contributed by atoms with Crippen molar-refractivity contribution in [2.45, 2.75) is 13.8 Å². The fourth-order valence-corrected chi connectivity index (χ4v) is 3.35. The number of phenols is 2. The molecule has 148 valence electrons. The van der Waals surface area contributed by atoms with E-state index in [0.29, 0.717) is 5.56 Å². The van der Waals surface area contributed by atoms with Crippen LogP contribution in [0.3, 0.4) is 0 Å². The van der Waals surface area contributed by atoms with Crippen LogP contribution in [0, 0.1) is 0 Å². The number of benzene rings is 3. The van der Waals surface area contributed by atoms with Gasteiger partial charge in [0.15, 0.2) is 5.78 Å². The van der Waals surface area contributed by atoms with Crippen LogP contribution in [-0.4, -0.2) is 34.9 Å². The van der Waals surface area contributed by atoms with E-state index in [1.807, 2.05) is 18.7 Å². The van der Waals surface area contributed by atoms with Gasteiger partial charge in [-0.1, -0.05) is 42.5 Å². The number of hydrogen-bond donors (Lipinski definition) is 2. The highest BCUT2D eigenvalue weighted by atomic mass is 16.3. The largest absolute Gasteiger partial charge is 0.507 e. The highest BCUT2D eigenvalue weighted by molar-refractivity contribution is 6.21. The minimum atomic E-state index is -0.606. The van der Waals surface area contributed by atoms with E-state index in [9.17, 15) is 19.8 Å². The van der Waals surface area contributed by atoms with Gasteiger partial charge in [0.2, 0.25) is 5.78 Å². The summed E-state index contributed by atoms with van der Waals surface area (Å²) >= 11 is 0. The van der Waals surface area contributed by atoms with Crippen molar-refractivity contribution in [3.05, 3.63) is 89.0 Å². The summed E-state index contributed by atoms with van der Waals surface area (Å²) < 4.78 is 0. The predicted molar refractivity (Wildman–Crippen MR) is 113 cm³/mol. The zero-order valence-corrected chi connectivity index (χ0v) is 16.4. The van der Waals surface area contributed by atoms with Crippen LogP contribution >= 0.6 is 0 Å². The Kier molecular flexibility index (Phi) is 5.98. The third-order valence-electron chi connectivity index (χ3n) is 4.90. The van der Waals surface area contributed by atoms with Crippen LogP contribution in [0.5, 0.6) is 11.5 Å². The Bertz CT molecular complexity index is 1040. The first kappa shape index (κ1) is 20.1. The molecule has 0 aromatic heterocycles. The summed E-state index contributed by atoms with van der Waals surface area (Å²) in [6.07, 6.45) is 0. The smallest absolute Gasteiger partial charge is 0.201 e. The van der Waals surface area contributed by atoms with Crippen LogP contribution in [0.15, 0.2) is 66.7 Å². The summed E-state index contributed by atoms with van der Waals surface area (Å²) in [6, 6.07) is 17.7. The van der Waals surface area contributed by atoms with Gasteiger partial charge < -0.3 is 15.1 Å². The molecule has 0 heterocycles. The van der Waals surface area contributed by atoms with Crippen molar-refractivity contribution in [1.82, 2.24) is 0 Å². The molecule has 0 spiro atoms. The normalized spacial score (nSPS) is 10.6. The Morgan fingerprint density at radius 2 is 1.45 bits per heavy atom. The topological polar surface area (TPSA) is 77.8 Å². The number of ketones is 2. The summed E-state index contributed by atoms with van der Waals surface area (Å²) in [4.78, 5) is 28.1. The molecule has 0 aliphatic rings. The number of nitrogens with zero attached hydrogens (tertiary/aromatic N) is 1.